The smallest absolute Gasteiger partial charge is 0.139 e. The highest BCUT2D eigenvalue weighted by Gasteiger charge is 2.50. The molecule has 0 amide bonds. The lowest BCUT2D eigenvalue weighted by Gasteiger charge is -2.30. The minimum atomic E-state index is -0.328. The van der Waals surface area contributed by atoms with Crippen LogP contribution in [-0.2, 0) is 10.8 Å². The largest absolute Gasteiger partial charge is 0.456 e. The molecule has 13 rings (SSSR count). The van der Waals surface area contributed by atoms with Gasteiger partial charge in [-0.05, 0) is 120 Å². The van der Waals surface area contributed by atoms with E-state index in [1.54, 1.807) is 0 Å². The Balaban J connectivity index is 0.912. The van der Waals surface area contributed by atoms with Gasteiger partial charge in [0.2, 0.25) is 0 Å². The van der Waals surface area contributed by atoms with Crippen LogP contribution in [0.1, 0.15) is 49.9 Å². The van der Waals surface area contributed by atoms with Crippen molar-refractivity contribution in [2.45, 2.75) is 38.5 Å². The summed E-state index contributed by atoms with van der Waals surface area (Å²) in [6.45, 7) is 9.46. The zero-order valence-electron chi connectivity index (χ0n) is 35.4. The van der Waals surface area contributed by atoms with Gasteiger partial charge in [0, 0.05) is 88.8 Å². The minimum Gasteiger partial charge on any atom is -0.456 e. The van der Waals surface area contributed by atoms with Crippen LogP contribution in [0.5, 0.6) is 0 Å². The van der Waals surface area contributed by atoms with Gasteiger partial charge in [-0.2, -0.15) is 0 Å². The second-order valence-electron chi connectivity index (χ2n) is 18.1. The van der Waals surface area contributed by atoms with Gasteiger partial charge in [-0.3, -0.25) is 0 Å². The van der Waals surface area contributed by atoms with Gasteiger partial charge in [0.15, 0.2) is 0 Å². The first kappa shape index (κ1) is 35.9. The third-order valence-electron chi connectivity index (χ3n) is 13.8. The lowest BCUT2D eigenvalue weighted by atomic mass is 9.74. The van der Waals surface area contributed by atoms with Crippen molar-refractivity contribution in [2.24, 2.45) is 0 Å². The first-order valence-electron chi connectivity index (χ1n) is 21.7. The number of para-hydroxylation sites is 4. The summed E-state index contributed by atoms with van der Waals surface area (Å²) in [6.07, 6.45) is 0. The number of hydrogen-bond donors (Lipinski definition) is 0. The van der Waals surface area contributed by atoms with E-state index >= 15 is 0 Å². The van der Waals surface area contributed by atoms with Crippen LogP contribution in [0.25, 0.3) is 66.5 Å². The predicted octanol–water partition coefficient (Wildman–Crippen LogP) is 16.6. The van der Waals surface area contributed by atoms with Crippen molar-refractivity contribution in [1.82, 2.24) is 0 Å². The van der Waals surface area contributed by atoms with Crippen LogP contribution in [0.2, 0.25) is 0 Å². The van der Waals surface area contributed by atoms with Crippen LogP contribution < -0.4 is 9.80 Å². The molecule has 0 atom stereocenters. The summed E-state index contributed by atoms with van der Waals surface area (Å²) < 4.78 is 19.6. The molecule has 0 spiro atoms. The second-order valence-corrected chi connectivity index (χ2v) is 18.1. The van der Waals surface area contributed by atoms with Crippen LogP contribution >= 0.6 is 0 Å². The number of hydrogen-bond acceptors (Lipinski definition) is 5. The Bertz CT molecular complexity index is 3400. The van der Waals surface area contributed by atoms with Crippen molar-refractivity contribution < 1.29 is 13.3 Å². The van der Waals surface area contributed by atoms with E-state index in [4.69, 9.17) is 13.3 Å². The second kappa shape index (κ2) is 12.9. The zero-order chi connectivity index (χ0) is 42.2. The topological polar surface area (TPSA) is 45.9 Å². The number of anilines is 6. The van der Waals surface area contributed by atoms with Gasteiger partial charge in [0.05, 0.1) is 0 Å². The average molecular weight is 815 g/mol. The molecule has 0 N–H and O–H groups in total. The maximum Gasteiger partial charge on any atom is 0.139 e. The average Bonchev–Trinajstić information content (AvgIpc) is 4.09. The van der Waals surface area contributed by atoms with E-state index in [-0.39, 0.29) is 10.8 Å². The Morgan fingerprint density at radius 1 is 0.317 bits per heavy atom. The number of benzene rings is 8. The van der Waals surface area contributed by atoms with E-state index in [2.05, 4.69) is 195 Å². The van der Waals surface area contributed by atoms with Gasteiger partial charge >= 0.3 is 0 Å². The summed E-state index contributed by atoms with van der Waals surface area (Å²) in [6, 6.07) is 64.7. The Hall–Kier alpha value is -7.76. The van der Waals surface area contributed by atoms with Gasteiger partial charge in [-0.1, -0.05) is 100 Å². The molecule has 0 aliphatic heterocycles. The van der Waals surface area contributed by atoms with Crippen molar-refractivity contribution in [3.63, 3.8) is 0 Å². The standard InChI is InChI=1S/C58H42N2O3/c1-57(2)47-33-39(59(35-15-7-5-8-16-35)37-25-29-51-45(31-37)41-19-11-13-21-49(41)61-51)23-27-43(47)55-53(57)54-56(63-55)44-28-24-40(34-48(44)58(54,3)4)60(36-17-9-6-10-18-36)38-26-30-52-46(32-38)42-20-12-14-22-50(42)62-52/h5-34H,1-4H3. The normalized spacial score (nSPS) is 14.3. The van der Waals surface area contributed by atoms with E-state index < -0.39 is 0 Å². The van der Waals surface area contributed by atoms with Crippen LogP contribution in [-0.4, -0.2) is 0 Å². The first-order chi connectivity index (χ1) is 30.7. The molecule has 0 radical (unpaired) electrons. The molecule has 0 fully saturated rings. The minimum absolute atomic E-state index is 0.328. The fourth-order valence-electron chi connectivity index (χ4n) is 10.8. The van der Waals surface area contributed by atoms with Crippen molar-refractivity contribution in [3.8, 4) is 22.6 Å². The van der Waals surface area contributed by atoms with Crippen molar-refractivity contribution in [1.29, 1.82) is 0 Å². The summed E-state index contributed by atoms with van der Waals surface area (Å²) in [7, 11) is 0. The maximum absolute atomic E-state index is 7.14. The predicted molar refractivity (Wildman–Crippen MR) is 258 cm³/mol. The van der Waals surface area contributed by atoms with Gasteiger partial charge in [-0.15, -0.1) is 0 Å². The van der Waals surface area contributed by atoms with E-state index in [0.717, 1.165) is 101 Å². The summed E-state index contributed by atoms with van der Waals surface area (Å²) in [4.78, 5) is 4.71. The molecule has 2 aliphatic rings. The third-order valence-corrected chi connectivity index (χ3v) is 13.8. The number of furan rings is 3. The van der Waals surface area contributed by atoms with E-state index in [1.807, 2.05) is 24.3 Å². The van der Waals surface area contributed by atoms with Gasteiger partial charge in [-0.25, -0.2) is 0 Å². The van der Waals surface area contributed by atoms with Crippen molar-refractivity contribution in [2.75, 3.05) is 9.80 Å². The molecule has 0 bridgehead atoms. The fraction of sp³-hybridized carbons (Fsp3) is 0.103. The number of rotatable bonds is 6. The molecule has 11 aromatic rings. The molecule has 63 heavy (non-hydrogen) atoms. The first-order valence-corrected chi connectivity index (χ1v) is 21.7. The Labute approximate surface area is 365 Å². The van der Waals surface area contributed by atoms with Gasteiger partial charge < -0.3 is 23.1 Å². The molecule has 5 nitrogen and oxygen atoms in total. The zero-order valence-corrected chi connectivity index (χ0v) is 35.4. The molecule has 3 heterocycles. The number of nitrogens with zero attached hydrogens (tertiary/aromatic N) is 2. The van der Waals surface area contributed by atoms with Crippen LogP contribution in [0.3, 0.4) is 0 Å². The molecule has 0 unspecified atom stereocenters. The molecule has 3 aromatic heterocycles. The summed E-state index contributed by atoms with van der Waals surface area (Å²) in [5.74, 6) is 1.97. The van der Waals surface area contributed by atoms with Gasteiger partial charge in [0.1, 0.15) is 33.9 Å². The highest BCUT2D eigenvalue weighted by atomic mass is 16.3. The maximum atomic E-state index is 7.14. The van der Waals surface area contributed by atoms with Crippen LogP contribution in [0, 0.1) is 0 Å². The molecule has 302 valence electrons. The van der Waals surface area contributed by atoms with E-state index in [0.29, 0.717) is 0 Å². The van der Waals surface area contributed by atoms with E-state index in [9.17, 15) is 0 Å². The lowest BCUT2D eigenvalue weighted by Crippen LogP contribution is -2.23. The highest BCUT2D eigenvalue weighted by molar-refractivity contribution is 6.08. The third kappa shape index (κ3) is 5.11. The lowest BCUT2D eigenvalue weighted by molar-refractivity contribution is 0.592. The summed E-state index contributed by atoms with van der Waals surface area (Å²) >= 11 is 0. The molecule has 5 heteroatoms. The fourth-order valence-corrected chi connectivity index (χ4v) is 10.8. The highest BCUT2D eigenvalue weighted by Crippen LogP contribution is 2.62. The molecular formula is C58H42N2O3. The van der Waals surface area contributed by atoms with E-state index in [1.165, 1.54) is 22.3 Å². The molecule has 0 saturated carbocycles. The molecular weight excluding hydrogens is 773 g/mol. The summed E-state index contributed by atoms with van der Waals surface area (Å²) in [5, 5.41) is 4.43. The van der Waals surface area contributed by atoms with Gasteiger partial charge in [0.25, 0.3) is 0 Å². The quantitative estimate of drug-likeness (QED) is 0.167. The Morgan fingerprint density at radius 3 is 1.13 bits per heavy atom. The monoisotopic (exact) mass is 814 g/mol. The number of fused-ring (bicyclic) bond motifs is 13. The van der Waals surface area contributed by atoms with Crippen LogP contribution in [0.15, 0.2) is 195 Å². The molecule has 0 saturated heterocycles. The molecule has 2 aliphatic carbocycles. The Kier molecular flexibility index (Phi) is 7.35. The van der Waals surface area contributed by atoms with Crippen molar-refractivity contribution >= 4 is 78.0 Å². The van der Waals surface area contributed by atoms with Crippen LogP contribution in [0.4, 0.5) is 34.1 Å². The SMILES string of the molecule is CC1(C)c2cc(N(c3ccccc3)c3ccc4oc5ccccc5c4c3)ccc2-c2oc3c(c21)C(C)(C)c1cc(N(c2ccccc2)c2ccc4oc5ccccc5c4c2)ccc1-3. The van der Waals surface area contributed by atoms with Crippen molar-refractivity contribution in [3.05, 3.63) is 204 Å². The molecule has 8 aromatic carbocycles. The Morgan fingerprint density at radius 2 is 0.683 bits per heavy atom. The summed E-state index contributed by atoms with van der Waals surface area (Å²) in [5.41, 5.74) is 16.8.